The zero-order valence-corrected chi connectivity index (χ0v) is 55.7. The quantitative estimate of drug-likeness (QED) is 0.0127. The molecule has 4 heterocycles. The number of amides is 8. The maximum absolute atomic E-state index is 15.9. The molecule has 3 aliphatic rings. The van der Waals surface area contributed by atoms with Crippen LogP contribution in [0, 0.1) is 25.7 Å². The number of nitrogens with two attached hydrogens (primary N) is 1. The number of Topliss-reactive ketones (excluding diaryl/α,β-unsaturated/α-hetero) is 3. The average Bonchev–Trinajstić information content (AvgIpc) is 1.56. The molecule has 3 aromatic rings. The second-order valence-electron chi connectivity index (χ2n) is 24.4. The van der Waals surface area contributed by atoms with Crippen LogP contribution in [0.5, 0.6) is 0 Å². The van der Waals surface area contributed by atoms with Crippen molar-refractivity contribution in [1.29, 1.82) is 0 Å². The van der Waals surface area contributed by atoms with Gasteiger partial charge in [0.15, 0.2) is 23.5 Å². The van der Waals surface area contributed by atoms with Crippen molar-refractivity contribution in [2.24, 2.45) is 17.6 Å². The number of aryl methyl sites for hydroxylation is 2. The van der Waals surface area contributed by atoms with E-state index in [2.05, 4.69) is 36.6 Å². The van der Waals surface area contributed by atoms with Gasteiger partial charge < -0.3 is 80.4 Å². The number of imide groups is 1. The molecule has 538 valence electrons. The highest BCUT2D eigenvalue weighted by molar-refractivity contribution is 8.00. The van der Waals surface area contributed by atoms with Gasteiger partial charge in [-0.3, -0.25) is 67.2 Å². The fourth-order valence-electron chi connectivity index (χ4n) is 11.6. The first-order chi connectivity index (χ1) is 47.4. The van der Waals surface area contributed by atoms with Crippen molar-refractivity contribution in [3.63, 3.8) is 0 Å². The van der Waals surface area contributed by atoms with Crippen LogP contribution in [0.25, 0.3) is 6.08 Å². The van der Waals surface area contributed by atoms with E-state index in [1.165, 1.54) is 6.08 Å². The number of benzene rings is 2. The van der Waals surface area contributed by atoms with Crippen LogP contribution in [-0.4, -0.2) is 197 Å². The molecule has 1 saturated heterocycles. The Kier molecular flexibility index (Phi) is 29.6. The molecule has 2 aromatic carbocycles. The van der Waals surface area contributed by atoms with Gasteiger partial charge in [-0.15, -0.1) is 11.8 Å². The monoisotopic (exact) mass is 1410 g/mol. The van der Waals surface area contributed by atoms with Gasteiger partial charge >= 0.3 is 36.9 Å². The zero-order chi connectivity index (χ0) is 73.4. The van der Waals surface area contributed by atoms with E-state index in [0.29, 0.717) is 33.8 Å². The van der Waals surface area contributed by atoms with E-state index in [-0.39, 0.29) is 102 Å². The number of hydrogen-bond donors (Lipinski definition) is 11. The van der Waals surface area contributed by atoms with E-state index < -0.39 is 175 Å². The number of nitrogens with zero attached hydrogens (tertiary/aromatic N) is 3. The largest absolute Gasteiger partial charge is 0.737 e. The number of halogens is 2. The zero-order valence-electron chi connectivity index (χ0n) is 54.9. The van der Waals surface area contributed by atoms with Gasteiger partial charge in [-0.1, -0.05) is 60.7 Å². The van der Waals surface area contributed by atoms with Crippen molar-refractivity contribution < 1.29 is 110 Å². The average molecular weight is 1420 g/mol. The maximum Gasteiger partial charge on any atom is 0.737 e. The maximum atomic E-state index is 15.9. The van der Waals surface area contributed by atoms with E-state index in [0.717, 1.165) is 25.6 Å². The van der Waals surface area contributed by atoms with Gasteiger partial charge in [-0.25, -0.2) is 9.59 Å². The normalized spacial score (nSPS) is 16.4. The summed E-state index contributed by atoms with van der Waals surface area (Å²) in [5, 5.41) is 51.7. The number of ketones is 3. The molecule has 8 atom stereocenters. The number of allylic oxidation sites excluding steroid dienone is 2. The van der Waals surface area contributed by atoms with E-state index >= 15 is 8.63 Å². The number of hydrogen-bond acceptors (Lipinski definition) is 18. The minimum atomic E-state index is -4.25. The van der Waals surface area contributed by atoms with Gasteiger partial charge in [-0.2, -0.15) is 0 Å². The molecule has 0 aliphatic carbocycles. The lowest BCUT2D eigenvalue weighted by molar-refractivity contribution is -0.362. The number of aliphatic carboxylic acids is 4. The molecule has 8 amide bonds. The van der Waals surface area contributed by atoms with Crippen LogP contribution in [0.2, 0.25) is 0 Å². The SMILES string of the molecule is Cc1cc(C)n2c1C=C1C=CC(CCC(=O)NCCN3C(=O)CC(SC[C@H](CC(=O)[C@H](CC(=O)O)NC(=O)[C@@H](N)CNC(=O)[C@@H](CC(=O)[C@H](Cc4ccccc4)NC(=O)CCCCC(=O)CC[C@H](NC(=O)N[C@@H](CCC(=O)O)OC=O)C(=O)O)Cc4ccccc4)C(=O)O)C3=O)=[N+]1[B-]2(F)F. The summed E-state index contributed by atoms with van der Waals surface area (Å²) in [6, 6.07) is 11.5. The van der Waals surface area contributed by atoms with Crippen molar-refractivity contribution in [2.75, 3.05) is 25.4 Å². The Labute approximate surface area is 576 Å². The number of thioether (sulfide) groups is 1. The van der Waals surface area contributed by atoms with Crippen LogP contribution < -0.4 is 37.6 Å². The molecule has 1 fully saturated rings. The summed E-state index contributed by atoms with van der Waals surface area (Å²) in [6.07, 6.45) is -0.898. The topological polar surface area (TPSA) is 456 Å². The fourth-order valence-corrected chi connectivity index (χ4v) is 12.8. The van der Waals surface area contributed by atoms with E-state index in [1.807, 2.05) is 0 Å². The van der Waals surface area contributed by atoms with Crippen LogP contribution in [0.1, 0.15) is 118 Å². The highest BCUT2D eigenvalue weighted by Crippen LogP contribution is 2.35. The number of fused-ring (bicyclic) bond motifs is 2. The first-order valence-corrected chi connectivity index (χ1v) is 33.3. The lowest BCUT2D eigenvalue weighted by Crippen LogP contribution is -2.53. The molecule has 12 N–H and O–H groups in total. The second-order valence-corrected chi connectivity index (χ2v) is 25.6. The minimum absolute atomic E-state index is 0.00167. The third-order valence-electron chi connectivity index (χ3n) is 16.8. The molecule has 6 rings (SSSR count). The van der Waals surface area contributed by atoms with E-state index in [4.69, 9.17) is 10.8 Å². The number of carboxylic acids is 4. The van der Waals surface area contributed by atoms with Crippen LogP contribution in [0.3, 0.4) is 0 Å². The number of nitrogens with one attached hydrogen (secondary N) is 6. The van der Waals surface area contributed by atoms with Gasteiger partial charge in [0.25, 0.3) is 6.47 Å². The smallest absolute Gasteiger partial charge is 0.481 e. The molecular formula is C66H81BF2N10O20S. The van der Waals surface area contributed by atoms with Crippen molar-refractivity contribution in [3.05, 3.63) is 113 Å². The molecule has 34 heteroatoms. The Balaban J connectivity index is 0.973. The Morgan fingerprint density at radius 3 is 2.00 bits per heavy atom. The second kappa shape index (κ2) is 37.6. The predicted molar refractivity (Wildman–Crippen MR) is 354 cm³/mol. The molecule has 1 aromatic heterocycles. The molecule has 0 saturated carbocycles. The van der Waals surface area contributed by atoms with E-state index in [9.17, 15) is 87.2 Å². The van der Waals surface area contributed by atoms with Crippen LogP contribution in [0.4, 0.5) is 13.4 Å². The molecule has 100 heavy (non-hydrogen) atoms. The molecule has 0 spiro atoms. The summed E-state index contributed by atoms with van der Waals surface area (Å²) in [7, 11) is 0. The number of aromatic nitrogens is 1. The summed E-state index contributed by atoms with van der Waals surface area (Å²) in [4.78, 5) is 192. The number of likely N-dealkylation sites (tertiary alicyclic amines) is 1. The van der Waals surface area contributed by atoms with Gasteiger partial charge in [0.05, 0.1) is 36.1 Å². The molecule has 1 unspecified atom stereocenters. The lowest BCUT2D eigenvalue weighted by atomic mass is 9.89. The molecule has 0 radical (unpaired) electrons. The summed E-state index contributed by atoms with van der Waals surface area (Å²) >= 11 is 0.759. The lowest BCUT2D eigenvalue weighted by Gasteiger charge is -2.30. The summed E-state index contributed by atoms with van der Waals surface area (Å²) in [5.74, 6) is -15.3. The predicted octanol–water partition coefficient (Wildman–Crippen LogP) is 2.10. The van der Waals surface area contributed by atoms with Crippen LogP contribution >= 0.6 is 11.8 Å². The number of carbonyl (C=O) groups excluding carboxylic acids is 11. The number of unbranched alkanes of at least 4 members (excludes halogenated alkanes) is 1. The number of urea groups is 1. The Morgan fingerprint density at radius 2 is 1.36 bits per heavy atom. The molecule has 3 aliphatic heterocycles. The molecule has 0 bridgehead atoms. The summed E-state index contributed by atoms with van der Waals surface area (Å²) in [5.41, 5.74) is 9.47. The van der Waals surface area contributed by atoms with Crippen molar-refractivity contribution in [3.8, 4) is 0 Å². The Morgan fingerprint density at radius 1 is 0.710 bits per heavy atom. The van der Waals surface area contributed by atoms with E-state index in [1.54, 1.807) is 92.7 Å². The van der Waals surface area contributed by atoms with Gasteiger partial charge in [0.2, 0.25) is 35.4 Å². The van der Waals surface area contributed by atoms with Crippen LogP contribution in [0.15, 0.2) is 84.6 Å². The Bertz CT molecular complexity index is 3680. The third-order valence-corrected chi connectivity index (χ3v) is 18.2. The summed E-state index contributed by atoms with van der Waals surface area (Å²) < 4.78 is 38.3. The highest BCUT2D eigenvalue weighted by atomic mass is 32.2. The number of carboxylic acid groups (broad SMARTS) is 4. The van der Waals surface area contributed by atoms with Gasteiger partial charge in [0, 0.05) is 113 Å². The Hall–Kier alpha value is -10.2. The summed E-state index contributed by atoms with van der Waals surface area (Å²) in [6.45, 7) is -1.99. The van der Waals surface area contributed by atoms with Crippen LogP contribution in [-0.2, 0) is 84.7 Å². The highest BCUT2D eigenvalue weighted by Gasteiger charge is 2.52. The molecular weight excluding hydrogens is 1330 g/mol. The first kappa shape index (κ1) is 78.7. The van der Waals surface area contributed by atoms with Crippen molar-refractivity contribution in [2.45, 2.75) is 152 Å². The van der Waals surface area contributed by atoms with Crippen molar-refractivity contribution in [1.82, 2.24) is 41.3 Å². The number of rotatable bonds is 44. The van der Waals surface area contributed by atoms with Gasteiger partial charge in [-0.05, 0) is 74.4 Å². The fraction of sp³-hybridized carbons (Fsp3) is 0.455. The number of ether oxygens (including phenoxy) is 1. The van der Waals surface area contributed by atoms with Crippen molar-refractivity contribution >= 4 is 120 Å². The third kappa shape index (κ3) is 23.5. The van der Waals surface area contributed by atoms with Gasteiger partial charge in [0.1, 0.15) is 23.6 Å². The standard InChI is InChI=1S/C66H81BF2N10O20S/c1-38-27-39(2)78-51(38)32-45-18-17-44(79(45)67(78,68)69)19-22-55(84)71-25-26-77-58(86)34-54(63(77)93)100-36-43(64(94)95)31-53(83)50(33-60(89)90)74-62(92)47(70)35-72-61(91)42(28-40-11-5-3-6-12-40)30-52(82)49(29-41-13-7-4-8-14-41)73-56(85)16-10-9-15-46(81)20-21-48(65(96)97)75-66(98)76-57(99-37-80)23-24-59(87)88/h3-8,11-14,17-18,27,32,37,42-43,47-50,54,57H,9-10,15-16,19-26,28-31,33-36,70H2,1-2H3,(H,71,84)(H,72,91)(H,73,85)(H,74,92)(H,87,88)(H,89,90)(H,94,95)(H,96,97)(H2,75,76,98)/t42-,43+,47+,48+,49+,50+,54?,57-/m1/s1. The molecule has 30 nitrogen and oxygen atoms in total. The first-order valence-electron chi connectivity index (χ1n) is 32.3. The minimum Gasteiger partial charge on any atom is -0.481 e. The number of carbonyl (C=O) groups is 15.